The Morgan fingerprint density at radius 2 is 1.56 bits per heavy atom. The fourth-order valence-electron chi connectivity index (χ4n) is 2.35. The Balaban J connectivity index is 4.07. The first kappa shape index (κ1) is 25.5. The van der Waals surface area contributed by atoms with Gasteiger partial charge in [0.25, 0.3) is 0 Å². The summed E-state index contributed by atoms with van der Waals surface area (Å²) in [6.45, 7) is 2.52. The van der Waals surface area contributed by atoms with Crippen LogP contribution in [0.4, 0.5) is 0 Å². The molecule has 0 saturated heterocycles. The van der Waals surface area contributed by atoms with Gasteiger partial charge in [0.2, 0.25) is 11.8 Å². The maximum absolute atomic E-state index is 12.0. The van der Waals surface area contributed by atoms with Crippen LogP contribution >= 0.6 is 0 Å². The van der Waals surface area contributed by atoms with Crippen molar-refractivity contribution < 1.29 is 24.5 Å². The van der Waals surface area contributed by atoms with E-state index in [0.717, 1.165) is 32.2 Å². The SMILES string of the molecule is CN(C)CCOCCNC(=O)/C=C\C(=O)NC(CCCCO)CCCCO. The summed E-state index contributed by atoms with van der Waals surface area (Å²) in [7, 11) is 3.93. The molecule has 0 aliphatic rings. The minimum atomic E-state index is -0.335. The van der Waals surface area contributed by atoms with Gasteiger partial charge in [-0.1, -0.05) is 0 Å². The molecule has 0 heterocycles. The van der Waals surface area contributed by atoms with Crippen LogP contribution in [0.3, 0.4) is 0 Å². The summed E-state index contributed by atoms with van der Waals surface area (Å²) in [6.07, 6.45) is 7.00. The van der Waals surface area contributed by atoms with Gasteiger partial charge in [-0.05, 0) is 52.6 Å². The Labute approximate surface area is 163 Å². The predicted molar refractivity (Wildman–Crippen MR) is 105 cm³/mol. The van der Waals surface area contributed by atoms with Crippen molar-refractivity contribution in [2.45, 2.75) is 44.6 Å². The van der Waals surface area contributed by atoms with Gasteiger partial charge >= 0.3 is 0 Å². The number of ether oxygens (including phenoxy) is 1. The van der Waals surface area contributed by atoms with Crippen molar-refractivity contribution in [3.05, 3.63) is 12.2 Å². The molecule has 0 radical (unpaired) electrons. The van der Waals surface area contributed by atoms with Crippen molar-refractivity contribution in [3.8, 4) is 0 Å². The molecule has 0 spiro atoms. The van der Waals surface area contributed by atoms with Gasteiger partial charge in [0.1, 0.15) is 0 Å². The number of aliphatic hydroxyl groups excluding tert-OH is 2. The van der Waals surface area contributed by atoms with Crippen molar-refractivity contribution in [2.24, 2.45) is 0 Å². The van der Waals surface area contributed by atoms with E-state index in [4.69, 9.17) is 14.9 Å². The largest absolute Gasteiger partial charge is 0.396 e. The third-order valence-corrected chi connectivity index (χ3v) is 3.88. The number of unbranched alkanes of at least 4 members (excludes halogenated alkanes) is 2. The molecule has 8 heteroatoms. The highest BCUT2D eigenvalue weighted by Crippen LogP contribution is 2.08. The lowest BCUT2D eigenvalue weighted by Gasteiger charge is -2.17. The zero-order valence-corrected chi connectivity index (χ0v) is 16.8. The Morgan fingerprint density at radius 1 is 0.963 bits per heavy atom. The summed E-state index contributed by atoms with van der Waals surface area (Å²) in [4.78, 5) is 25.7. The van der Waals surface area contributed by atoms with Crippen molar-refractivity contribution in [2.75, 3.05) is 53.6 Å². The number of likely N-dealkylation sites (N-methyl/N-ethyl adjacent to an activating group) is 1. The number of amides is 2. The minimum Gasteiger partial charge on any atom is -0.396 e. The average molecular weight is 388 g/mol. The highest BCUT2D eigenvalue weighted by Gasteiger charge is 2.10. The molecule has 0 aromatic carbocycles. The van der Waals surface area contributed by atoms with E-state index < -0.39 is 0 Å². The predicted octanol–water partition coefficient (Wildman–Crippen LogP) is 0.0470. The minimum absolute atomic E-state index is 0.0200. The first-order valence-electron chi connectivity index (χ1n) is 9.70. The molecule has 0 saturated carbocycles. The number of nitrogens with zero attached hydrogens (tertiary/aromatic N) is 1. The maximum Gasteiger partial charge on any atom is 0.244 e. The second-order valence-electron chi connectivity index (χ2n) is 6.68. The molecule has 27 heavy (non-hydrogen) atoms. The number of aliphatic hydroxyl groups is 2. The standard InChI is InChI=1S/C19H37N3O5/c1-22(2)12-16-27-15-11-20-18(25)9-10-19(26)21-17(7-3-5-13-23)8-4-6-14-24/h9-10,17,23-24H,3-8,11-16H2,1-2H3,(H,20,25)(H,21,26)/b10-9-. The molecule has 8 nitrogen and oxygen atoms in total. The van der Waals surface area contributed by atoms with Crippen LogP contribution in [0.2, 0.25) is 0 Å². The van der Waals surface area contributed by atoms with E-state index in [1.54, 1.807) is 0 Å². The van der Waals surface area contributed by atoms with Crippen molar-refractivity contribution in [3.63, 3.8) is 0 Å². The monoisotopic (exact) mass is 387 g/mol. The molecule has 0 aliphatic carbocycles. The van der Waals surface area contributed by atoms with Gasteiger partial charge in [-0.15, -0.1) is 0 Å². The molecule has 0 aromatic heterocycles. The number of carbonyl (C=O) groups excluding carboxylic acids is 2. The Bertz CT molecular complexity index is 406. The summed E-state index contributed by atoms with van der Waals surface area (Å²) < 4.78 is 5.37. The molecule has 2 amide bonds. The lowest BCUT2D eigenvalue weighted by Crippen LogP contribution is -2.34. The van der Waals surface area contributed by atoms with Crippen LogP contribution in [0.1, 0.15) is 38.5 Å². The summed E-state index contributed by atoms with van der Waals surface area (Å²) in [5, 5.41) is 23.3. The van der Waals surface area contributed by atoms with E-state index in [1.165, 1.54) is 12.2 Å². The van der Waals surface area contributed by atoms with Gasteiger partial charge in [0.15, 0.2) is 0 Å². The highest BCUT2D eigenvalue weighted by molar-refractivity contribution is 5.96. The van der Waals surface area contributed by atoms with E-state index in [2.05, 4.69) is 10.6 Å². The van der Waals surface area contributed by atoms with E-state index >= 15 is 0 Å². The summed E-state index contributed by atoms with van der Waals surface area (Å²) >= 11 is 0. The van der Waals surface area contributed by atoms with Crippen molar-refractivity contribution in [1.82, 2.24) is 15.5 Å². The maximum atomic E-state index is 12.0. The van der Waals surface area contributed by atoms with Gasteiger partial charge in [0.05, 0.1) is 13.2 Å². The van der Waals surface area contributed by atoms with Crippen molar-refractivity contribution in [1.29, 1.82) is 0 Å². The van der Waals surface area contributed by atoms with Gasteiger partial charge in [-0.2, -0.15) is 0 Å². The van der Waals surface area contributed by atoms with E-state index in [9.17, 15) is 9.59 Å². The van der Waals surface area contributed by atoms with Crippen LogP contribution in [-0.2, 0) is 14.3 Å². The van der Waals surface area contributed by atoms with Crippen LogP contribution in [0.15, 0.2) is 12.2 Å². The first-order valence-corrected chi connectivity index (χ1v) is 9.70. The number of rotatable bonds is 17. The fourth-order valence-corrected chi connectivity index (χ4v) is 2.35. The Kier molecular flexibility index (Phi) is 16.9. The molecule has 0 aromatic rings. The van der Waals surface area contributed by atoms with E-state index in [1.807, 2.05) is 19.0 Å². The van der Waals surface area contributed by atoms with Crippen LogP contribution in [-0.4, -0.2) is 86.6 Å². The second-order valence-corrected chi connectivity index (χ2v) is 6.68. The van der Waals surface area contributed by atoms with Gasteiger partial charge in [-0.25, -0.2) is 0 Å². The molecule has 0 unspecified atom stereocenters. The Morgan fingerprint density at radius 3 is 2.11 bits per heavy atom. The van der Waals surface area contributed by atoms with Gasteiger partial charge in [0, 0.05) is 44.5 Å². The smallest absolute Gasteiger partial charge is 0.244 e. The van der Waals surface area contributed by atoms with E-state index in [0.29, 0.717) is 32.6 Å². The molecule has 0 atom stereocenters. The summed E-state index contributed by atoms with van der Waals surface area (Å²) in [6, 6.07) is -0.0200. The molecule has 158 valence electrons. The fraction of sp³-hybridized carbons (Fsp3) is 0.789. The van der Waals surface area contributed by atoms with Crippen molar-refractivity contribution >= 4 is 11.8 Å². The molecular formula is C19H37N3O5. The molecule has 0 bridgehead atoms. The van der Waals surface area contributed by atoms with Crippen LogP contribution in [0.25, 0.3) is 0 Å². The lowest BCUT2D eigenvalue weighted by molar-refractivity contribution is -0.119. The number of hydrogen-bond acceptors (Lipinski definition) is 6. The topological polar surface area (TPSA) is 111 Å². The zero-order chi connectivity index (χ0) is 20.3. The molecule has 0 aliphatic heterocycles. The normalized spacial score (nSPS) is 11.5. The third kappa shape index (κ3) is 17.7. The van der Waals surface area contributed by atoms with Gasteiger partial charge < -0.3 is 30.5 Å². The Hall–Kier alpha value is -1.48. The molecule has 0 rings (SSSR count). The number of nitrogens with one attached hydrogen (secondary N) is 2. The molecule has 0 fully saturated rings. The van der Waals surface area contributed by atoms with Gasteiger partial charge in [-0.3, -0.25) is 9.59 Å². The first-order chi connectivity index (χ1) is 13.0. The van der Waals surface area contributed by atoms with E-state index in [-0.39, 0.29) is 31.1 Å². The molecular weight excluding hydrogens is 350 g/mol. The number of hydrogen-bond donors (Lipinski definition) is 4. The second kappa shape index (κ2) is 17.9. The summed E-state index contributed by atoms with van der Waals surface area (Å²) in [5.74, 6) is -0.649. The average Bonchev–Trinajstić information content (AvgIpc) is 2.62. The lowest BCUT2D eigenvalue weighted by atomic mass is 10.0. The van der Waals surface area contributed by atoms with Crippen LogP contribution < -0.4 is 10.6 Å². The third-order valence-electron chi connectivity index (χ3n) is 3.88. The quantitative estimate of drug-likeness (QED) is 0.207. The highest BCUT2D eigenvalue weighted by atomic mass is 16.5. The molecule has 4 N–H and O–H groups in total. The summed E-state index contributed by atoms with van der Waals surface area (Å²) in [5.41, 5.74) is 0. The number of carbonyl (C=O) groups is 2. The van der Waals surface area contributed by atoms with Crippen LogP contribution in [0, 0.1) is 0 Å². The zero-order valence-electron chi connectivity index (χ0n) is 16.8. The van der Waals surface area contributed by atoms with Crippen LogP contribution in [0.5, 0.6) is 0 Å².